The molecule has 0 unspecified atom stereocenters. The molecule has 1 amide bonds. The van der Waals surface area contributed by atoms with Crippen LogP contribution in [-0.2, 0) is 17.6 Å². The molecule has 0 aliphatic carbocycles. The number of carbonyl (C=O) groups is 1. The summed E-state index contributed by atoms with van der Waals surface area (Å²) in [5.74, 6) is 0.0416. The maximum Gasteiger partial charge on any atom is 0.243 e. The minimum absolute atomic E-state index is 0.0416. The van der Waals surface area contributed by atoms with Crippen molar-refractivity contribution in [1.29, 1.82) is 0 Å². The number of carbonyl (C=O) groups excluding carboxylic acids is 1. The maximum absolute atomic E-state index is 12.2. The van der Waals surface area contributed by atoms with E-state index < -0.39 is 0 Å². The molecule has 0 aromatic heterocycles. The summed E-state index contributed by atoms with van der Waals surface area (Å²) in [5.41, 5.74) is 4.64. The first kappa shape index (κ1) is 13.7. The maximum atomic E-state index is 12.2. The summed E-state index contributed by atoms with van der Waals surface area (Å²) >= 11 is 0. The Bertz CT molecular complexity index is 651. The molecule has 0 radical (unpaired) electrons. The highest BCUT2D eigenvalue weighted by Gasteiger charge is 2.20. The fourth-order valence-electron chi connectivity index (χ4n) is 2.81. The lowest BCUT2D eigenvalue weighted by molar-refractivity contribution is -0.115. The molecule has 3 nitrogen and oxygen atoms in total. The number of benzene rings is 2. The van der Waals surface area contributed by atoms with E-state index in [1.807, 2.05) is 24.3 Å². The van der Waals surface area contributed by atoms with Crippen molar-refractivity contribution in [3.8, 4) is 0 Å². The Balaban J connectivity index is 1.65. The molecule has 3 heteroatoms. The zero-order valence-corrected chi connectivity index (χ0v) is 12.3. The van der Waals surface area contributed by atoms with Crippen molar-refractivity contribution >= 4 is 17.3 Å². The molecule has 0 saturated carbocycles. The van der Waals surface area contributed by atoms with Crippen molar-refractivity contribution in [3.63, 3.8) is 0 Å². The number of nitrogens with one attached hydrogen (secondary N) is 1. The van der Waals surface area contributed by atoms with E-state index in [2.05, 4.69) is 41.4 Å². The summed E-state index contributed by atoms with van der Waals surface area (Å²) in [4.78, 5) is 14.4. The standard InChI is InChI=1S/C18H20N2O/c1-2-14-6-5-8-16(12-14)19-18(21)13-20-11-10-15-7-3-4-9-17(15)20/h3-9,12H,2,10-11,13H2,1H3,(H,19,21). The molecule has 1 aliphatic heterocycles. The molecule has 1 aliphatic rings. The monoisotopic (exact) mass is 280 g/mol. The van der Waals surface area contributed by atoms with Crippen LogP contribution in [-0.4, -0.2) is 19.0 Å². The van der Waals surface area contributed by atoms with Crippen LogP contribution in [0.15, 0.2) is 48.5 Å². The second kappa shape index (κ2) is 6.00. The van der Waals surface area contributed by atoms with Crippen LogP contribution in [0.25, 0.3) is 0 Å². The van der Waals surface area contributed by atoms with Gasteiger partial charge in [-0.15, -0.1) is 0 Å². The van der Waals surface area contributed by atoms with Crippen molar-refractivity contribution in [2.24, 2.45) is 0 Å². The van der Waals surface area contributed by atoms with Crippen LogP contribution in [0.5, 0.6) is 0 Å². The fraction of sp³-hybridized carbons (Fsp3) is 0.278. The molecule has 0 bridgehead atoms. The van der Waals surface area contributed by atoms with E-state index in [1.165, 1.54) is 16.8 Å². The lowest BCUT2D eigenvalue weighted by Gasteiger charge is -2.18. The Kier molecular flexibility index (Phi) is 3.91. The Morgan fingerprint density at radius 2 is 2.05 bits per heavy atom. The van der Waals surface area contributed by atoms with Gasteiger partial charge in [0.05, 0.1) is 6.54 Å². The fourth-order valence-corrected chi connectivity index (χ4v) is 2.81. The number of hydrogen-bond acceptors (Lipinski definition) is 2. The summed E-state index contributed by atoms with van der Waals surface area (Å²) in [6.07, 6.45) is 2.00. The minimum Gasteiger partial charge on any atom is -0.362 e. The zero-order valence-electron chi connectivity index (χ0n) is 12.3. The molecule has 1 heterocycles. The number of anilines is 2. The average molecular weight is 280 g/mol. The van der Waals surface area contributed by atoms with Gasteiger partial charge in [0.2, 0.25) is 5.91 Å². The van der Waals surface area contributed by atoms with E-state index in [0.29, 0.717) is 6.54 Å². The Morgan fingerprint density at radius 1 is 1.19 bits per heavy atom. The predicted molar refractivity (Wildman–Crippen MR) is 86.8 cm³/mol. The van der Waals surface area contributed by atoms with Gasteiger partial charge < -0.3 is 10.2 Å². The van der Waals surface area contributed by atoms with E-state index in [4.69, 9.17) is 0 Å². The van der Waals surface area contributed by atoms with Crippen LogP contribution in [0.2, 0.25) is 0 Å². The normalized spacial score (nSPS) is 13.1. The molecular weight excluding hydrogens is 260 g/mol. The van der Waals surface area contributed by atoms with Gasteiger partial charge in [0, 0.05) is 17.9 Å². The predicted octanol–water partition coefficient (Wildman–Crippen LogP) is 3.25. The van der Waals surface area contributed by atoms with Gasteiger partial charge in [-0.3, -0.25) is 4.79 Å². The molecule has 21 heavy (non-hydrogen) atoms. The molecule has 3 rings (SSSR count). The first-order valence-corrected chi connectivity index (χ1v) is 7.48. The lowest BCUT2D eigenvalue weighted by Crippen LogP contribution is -2.31. The molecule has 0 fully saturated rings. The highest BCUT2D eigenvalue weighted by atomic mass is 16.2. The Morgan fingerprint density at radius 3 is 2.90 bits per heavy atom. The summed E-state index contributed by atoms with van der Waals surface area (Å²) in [6, 6.07) is 16.3. The molecule has 0 saturated heterocycles. The number of para-hydroxylation sites is 1. The third kappa shape index (κ3) is 3.07. The summed E-state index contributed by atoms with van der Waals surface area (Å²) in [5, 5.41) is 2.99. The SMILES string of the molecule is CCc1cccc(NC(=O)CN2CCc3ccccc32)c1. The average Bonchev–Trinajstić information content (AvgIpc) is 2.91. The minimum atomic E-state index is 0.0416. The Labute approximate surface area is 125 Å². The zero-order chi connectivity index (χ0) is 14.7. The van der Waals surface area contributed by atoms with Crippen LogP contribution < -0.4 is 10.2 Å². The molecular formula is C18H20N2O. The van der Waals surface area contributed by atoms with Crippen molar-refractivity contribution in [3.05, 3.63) is 59.7 Å². The first-order valence-electron chi connectivity index (χ1n) is 7.48. The van der Waals surface area contributed by atoms with E-state index in [9.17, 15) is 4.79 Å². The lowest BCUT2D eigenvalue weighted by atomic mass is 10.1. The highest BCUT2D eigenvalue weighted by molar-refractivity contribution is 5.94. The Hall–Kier alpha value is -2.29. The number of hydrogen-bond donors (Lipinski definition) is 1. The smallest absolute Gasteiger partial charge is 0.243 e. The number of aryl methyl sites for hydroxylation is 1. The van der Waals surface area contributed by atoms with Crippen LogP contribution >= 0.6 is 0 Å². The van der Waals surface area contributed by atoms with Crippen molar-refractivity contribution in [1.82, 2.24) is 0 Å². The van der Waals surface area contributed by atoms with E-state index in [1.54, 1.807) is 0 Å². The summed E-state index contributed by atoms with van der Waals surface area (Å²) in [7, 11) is 0. The third-order valence-corrected chi connectivity index (χ3v) is 3.94. The van der Waals surface area contributed by atoms with E-state index in [0.717, 1.165) is 25.1 Å². The molecule has 0 spiro atoms. The van der Waals surface area contributed by atoms with Gasteiger partial charge in [-0.05, 0) is 42.2 Å². The van der Waals surface area contributed by atoms with Crippen LogP contribution in [0.1, 0.15) is 18.1 Å². The van der Waals surface area contributed by atoms with Crippen LogP contribution in [0.3, 0.4) is 0 Å². The van der Waals surface area contributed by atoms with Gasteiger partial charge in [0.1, 0.15) is 0 Å². The van der Waals surface area contributed by atoms with Crippen molar-refractivity contribution in [2.75, 3.05) is 23.3 Å². The largest absolute Gasteiger partial charge is 0.362 e. The second-order valence-corrected chi connectivity index (χ2v) is 5.40. The number of fused-ring (bicyclic) bond motifs is 1. The van der Waals surface area contributed by atoms with Gasteiger partial charge in [0.15, 0.2) is 0 Å². The number of nitrogens with zero attached hydrogens (tertiary/aromatic N) is 1. The van der Waals surface area contributed by atoms with E-state index in [-0.39, 0.29) is 5.91 Å². The van der Waals surface area contributed by atoms with Crippen LogP contribution in [0.4, 0.5) is 11.4 Å². The summed E-state index contributed by atoms with van der Waals surface area (Å²) < 4.78 is 0. The molecule has 1 N–H and O–H groups in total. The van der Waals surface area contributed by atoms with Gasteiger partial charge in [-0.2, -0.15) is 0 Å². The molecule has 0 atom stereocenters. The van der Waals surface area contributed by atoms with Crippen molar-refractivity contribution < 1.29 is 4.79 Å². The second-order valence-electron chi connectivity index (χ2n) is 5.40. The molecule has 108 valence electrons. The summed E-state index contributed by atoms with van der Waals surface area (Å²) in [6.45, 7) is 3.44. The molecule has 2 aromatic carbocycles. The number of rotatable bonds is 4. The first-order chi connectivity index (χ1) is 10.3. The third-order valence-electron chi connectivity index (χ3n) is 3.94. The number of amides is 1. The highest BCUT2D eigenvalue weighted by Crippen LogP contribution is 2.27. The quantitative estimate of drug-likeness (QED) is 0.932. The van der Waals surface area contributed by atoms with Crippen molar-refractivity contribution in [2.45, 2.75) is 19.8 Å². The van der Waals surface area contributed by atoms with E-state index >= 15 is 0 Å². The van der Waals surface area contributed by atoms with Gasteiger partial charge >= 0.3 is 0 Å². The molecule has 2 aromatic rings. The van der Waals surface area contributed by atoms with Gasteiger partial charge in [-0.1, -0.05) is 37.3 Å². The van der Waals surface area contributed by atoms with Gasteiger partial charge in [0.25, 0.3) is 0 Å². The topological polar surface area (TPSA) is 32.3 Å². The van der Waals surface area contributed by atoms with Gasteiger partial charge in [-0.25, -0.2) is 0 Å². The van der Waals surface area contributed by atoms with Crippen LogP contribution in [0, 0.1) is 0 Å².